The minimum atomic E-state index is -0.566. The first kappa shape index (κ1) is 8.62. The van der Waals surface area contributed by atoms with Crippen LogP contribution in [-0.2, 0) is 0 Å². The van der Waals surface area contributed by atoms with Gasteiger partial charge in [-0.1, -0.05) is 6.55 Å². The molecule has 0 aromatic heterocycles. The molecule has 0 aromatic rings. The van der Waals surface area contributed by atoms with Gasteiger partial charge in [-0.05, 0) is 0 Å². The first-order chi connectivity index (χ1) is 2.56. The summed E-state index contributed by atoms with van der Waals surface area (Å²) >= 11 is 7.82. The molecule has 0 radical (unpaired) electrons. The fourth-order valence-corrected chi connectivity index (χ4v) is 0. The van der Waals surface area contributed by atoms with Crippen LogP contribution >= 0.6 is 65.4 Å². The maximum atomic E-state index is 2.62. The second kappa shape index (κ2) is 3.61. The third kappa shape index (κ3) is 6.62. The number of hydrogen-bond donors (Lipinski definition) is 0. The quantitative estimate of drug-likeness (QED) is 0.323. The van der Waals surface area contributed by atoms with Crippen LogP contribution in [0.1, 0.15) is 0 Å². The van der Waals surface area contributed by atoms with Crippen molar-refractivity contribution in [2.75, 3.05) is 0 Å². The van der Waals surface area contributed by atoms with E-state index in [2.05, 4.69) is 71.9 Å². The van der Waals surface area contributed by atoms with Gasteiger partial charge >= 0.3 is 0 Å². The fourth-order valence-electron chi connectivity index (χ4n) is 0. The largest absolute Gasteiger partial charge is 0.183 e. The van der Waals surface area contributed by atoms with Crippen molar-refractivity contribution in [1.82, 2.24) is 0 Å². The zero-order valence-electron chi connectivity index (χ0n) is 3.34. The van der Waals surface area contributed by atoms with Crippen molar-refractivity contribution >= 4 is 74.5 Å². The predicted octanol–water partition coefficient (Wildman–Crippen LogP) is 1.94. The highest BCUT2D eigenvalue weighted by Crippen LogP contribution is 2.20. The lowest BCUT2D eigenvalue weighted by Gasteiger charge is -2.01. The molecule has 5 heteroatoms. The Morgan fingerprint density at radius 1 is 1.50 bits per heavy atom. The molecule has 0 aromatic carbocycles. The first-order valence-electron chi connectivity index (χ1n) is 1.50. The second-order valence-electron chi connectivity index (χ2n) is 1.20. The van der Waals surface area contributed by atoms with Crippen LogP contribution < -0.4 is 0 Å². The van der Waals surface area contributed by atoms with Crippen LogP contribution in [0.5, 0.6) is 0 Å². The Morgan fingerprint density at radius 3 is 1.67 bits per heavy atom. The molecule has 0 amide bonds. The third-order valence-electron chi connectivity index (χ3n) is 0.235. The van der Waals surface area contributed by atoms with Gasteiger partial charge in [0.25, 0.3) is 0 Å². The van der Waals surface area contributed by atoms with Gasteiger partial charge in [0.2, 0.25) is 0 Å². The molecule has 6 heavy (non-hydrogen) atoms. The van der Waals surface area contributed by atoms with E-state index in [-0.39, 0.29) is 0 Å². The molecule has 0 unspecified atom stereocenters. The summed E-state index contributed by atoms with van der Waals surface area (Å²) < 4.78 is -0.566. The van der Waals surface area contributed by atoms with Crippen molar-refractivity contribution in [3.8, 4) is 0 Å². The molecule has 0 saturated carbocycles. The van der Waals surface area contributed by atoms with Gasteiger partial charge in [-0.3, -0.25) is 0 Å². The summed E-state index contributed by atoms with van der Waals surface area (Å²) in [5.74, 6) is 0. The molecule has 0 fully saturated rings. The predicted molar refractivity (Wildman–Crippen MR) is 62.2 cm³/mol. The molecular weight excluding hydrogens is 449 g/mol. The maximum absolute atomic E-state index is 2.62. The van der Waals surface area contributed by atoms with Crippen LogP contribution in [-0.4, -0.2) is 9.12 Å². The van der Waals surface area contributed by atoms with E-state index in [1.165, 1.54) is 0 Å². The Kier molecular flexibility index (Phi) is 5.19. The fraction of sp³-hybridized carbons (Fsp3) is 1.00. The van der Waals surface area contributed by atoms with Crippen LogP contribution in [0.3, 0.4) is 0 Å². The Labute approximate surface area is 79.5 Å². The molecule has 38 valence electrons. The van der Waals surface area contributed by atoms with E-state index in [9.17, 15) is 0 Å². The molecule has 0 N–H and O–H groups in total. The Bertz CT molecular complexity index is 38.5. The average molecular weight is 454 g/mol. The molecule has 0 spiro atoms. The molecule has 0 nitrogen and oxygen atoms in total. The van der Waals surface area contributed by atoms with E-state index >= 15 is 0 Å². The lowest BCUT2D eigenvalue weighted by atomic mass is 11.9. The summed E-state index contributed by atoms with van der Waals surface area (Å²) in [6, 6.07) is 0. The van der Waals surface area contributed by atoms with Crippen LogP contribution in [0.2, 0.25) is 6.55 Å². The van der Waals surface area contributed by atoms with Crippen LogP contribution in [0, 0.1) is 0 Å². The summed E-state index contributed by atoms with van der Waals surface area (Å²) in [6.07, 6.45) is 0. The standard InChI is InChI=1S/CH5I3Si2/c1-6(3,4)5-2/h5H2,1H3. The van der Waals surface area contributed by atoms with Gasteiger partial charge in [-0.2, -0.15) is 0 Å². The smallest absolute Gasteiger partial charge is 0.129 e. The van der Waals surface area contributed by atoms with Crippen molar-refractivity contribution in [2.45, 2.75) is 6.55 Å². The van der Waals surface area contributed by atoms with Gasteiger partial charge in [-0.15, -0.1) is 65.4 Å². The minimum absolute atomic E-state index is 0.335. The van der Waals surface area contributed by atoms with Crippen molar-refractivity contribution in [3.05, 3.63) is 0 Å². The maximum Gasteiger partial charge on any atom is 0.183 e. The molecule has 0 bridgehead atoms. The van der Waals surface area contributed by atoms with Gasteiger partial charge in [-0.25, -0.2) is 0 Å². The van der Waals surface area contributed by atoms with Gasteiger partial charge in [0.1, 0.15) is 6.53 Å². The summed E-state index contributed by atoms with van der Waals surface area (Å²) in [7, 11) is 0. The van der Waals surface area contributed by atoms with E-state index in [4.69, 9.17) is 0 Å². The highest BCUT2D eigenvalue weighted by molar-refractivity contribution is 14.3. The van der Waals surface area contributed by atoms with Gasteiger partial charge in [0, 0.05) is 0 Å². The van der Waals surface area contributed by atoms with E-state index in [0.717, 1.165) is 0 Å². The second-order valence-corrected chi connectivity index (χ2v) is 44.6. The molecule has 0 aliphatic heterocycles. The van der Waals surface area contributed by atoms with Crippen molar-refractivity contribution in [2.24, 2.45) is 0 Å². The SMILES string of the molecule is C[Si](I)(I)[SiH2]I. The number of halogens is 3. The van der Waals surface area contributed by atoms with Crippen molar-refractivity contribution in [3.63, 3.8) is 0 Å². The topological polar surface area (TPSA) is 0 Å². The summed E-state index contributed by atoms with van der Waals surface area (Å²) in [4.78, 5) is 0. The monoisotopic (exact) mass is 454 g/mol. The molecule has 0 atom stereocenters. The average Bonchev–Trinajstić information content (AvgIpc) is 1.35. The lowest BCUT2D eigenvalue weighted by Crippen LogP contribution is -2.15. The highest BCUT2D eigenvalue weighted by Gasteiger charge is 2.15. The van der Waals surface area contributed by atoms with Gasteiger partial charge in [0.05, 0.1) is 0 Å². The van der Waals surface area contributed by atoms with Crippen LogP contribution in [0.4, 0.5) is 0 Å². The molecule has 0 aliphatic rings. The third-order valence-corrected chi connectivity index (χ3v) is 49.0. The van der Waals surface area contributed by atoms with Crippen molar-refractivity contribution < 1.29 is 0 Å². The number of rotatable bonds is 1. The van der Waals surface area contributed by atoms with Gasteiger partial charge < -0.3 is 0 Å². The lowest BCUT2D eigenvalue weighted by molar-refractivity contribution is 2.35. The summed E-state index contributed by atoms with van der Waals surface area (Å²) in [5, 5.41) is 0. The number of hydrogen-bond acceptors (Lipinski definition) is 0. The summed E-state index contributed by atoms with van der Waals surface area (Å²) in [6.45, 7) is 2.74. The van der Waals surface area contributed by atoms with E-state index in [1.807, 2.05) is 0 Å². The molecule has 0 heterocycles. The first-order valence-corrected chi connectivity index (χ1v) is 17.7. The van der Waals surface area contributed by atoms with Crippen molar-refractivity contribution in [1.29, 1.82) is 0 Å². The Hall–Kier alpha value is 2.62. The summed E-state index contributed by atoms with van der Waals surface area (Å²) in [5.41, 5.74) is 0. The van der Waals surface area contributed by atoms with Crippen LogP contribution in [0.25, 0.3) is 0 Å². The molecule has 0 saturated heterocycles. The molecular formula is CH5I3Si2. The minimum Gasteiger partial charge on any atom is -0.129 e. The highest BCUT2D eigenvalue weighted by atomic mass is 127. The normalized spacial score (nSPS) is 14.0. The van der Waals surface area contributed by atoms with E-state index in [1.54, 1.807) is 0 Å². The van der Waals surface area contributed by atoms with E-state index < -0.39 is 2.58 Å². The Balaban J connectivity index is 3.17. The molecule has 0 aliphatic carbocycles. The molecule has 0 rings (SSSR count). The van der Waals surface area contributed by atoms with E-state index in [0.29, 0.717) is 6.53 Å². The van der Waals surface area contributed by atoms with Gasteiger partial charge in [0.15, 0.2) is 2.58 Å². The Morgan fingerprint density at radius 2 is 1.67 bits per heavy atom. The van der Waals surface area contributed by atoms with Crippen LogP contribution in [0.15, 0.2) is 0 Å². The zero-order chi connectivity index (χ0) is 5.21. The zero-order valence-corrected chi connectivity index (χ0v) is 12.2.